The van der Waals surface area contributed by atoms with Gasteiger partial charge in [0.05, 0.1) is 6.61 Å². The fourth-order valence-corrected chi connectivity index (χ4v) is 2.68. The number of fused-ring (bicyclic) bond motifs is 1. The summed E-state index contributed by atoms with van der Waals surface area (Å²) in [6, 6.07) is 6.74. The lowest BCUT2D eigenvalue weighted by Gasteiger charge is -2.16. The van der Waals surface area contributed by atoms with Crippen molar-refractivity contribution in [1.82, 2.24) is 0 Å². The maximum absolute atomic E-state index is 8.75. The SMILES string of the molecule is OCCSc1ccc2c(c1)CCCC2. The van der Waals surface area contributed by atoms with E-state index < -0.39 is 0 Å². The van der Waals surface area contributed by atoms with Gasteiger partial charge in [0.1, 0.15) is 0 Å². The van der Waals surface area contributed by atoms with Gasteiger partial charge >= 0.3 is 0 Å². The van der Waals surface area contributed by atoms with Crippen molar-refractivity contribution in [3.63, 3.8) is 0 Å². The molecule has 1 aliphatic carbocycles. The van der Waals surface area contributed by atoms with Crippen molar-refractivity contribution in [1.29, 1.82) is 0 Å². The average Bonchev–Trinajstić information content (AvgIpc) is 2.26. The third kappa shape index (κ3) is 2.31. The molecule has 0 fully saturated rings. The second-order valence-electron chi connectivity index (χ2n) is 3.71. The van der Waals surface area contributed by atoms with Crippen LogP contribution in [0.5, 0.6) is 0 Å². The second kappa shape index (κ2) is 4.85. The van der Waals surface area contributed by atoms with E-state index >= 15 is 0 Å². The van der Waals surface area contributed by atoms with E-state index in [4.69, 9.17) is 5.11 Å². The smallest absolute Gasteiger partial charge is 0.0525 e. The van der Waals surface area contributed by atoms with Crippen LogP contribution < -0.4 is 0 Å². The van der Waals surface area contributed by atoms with Gasteiger partial charge in [0, 0.05) is 10.6 Å². The predicted octanol–water partition coefficient (Wildman–Crippen LogP) is 2.65. The van der Waals surface area contributed by atoms with Gasteiger partial charge in [-0.15, -0.1) is 11.8 Å². The van der Waals surface area contributed by atoms with Crippen LogP contribution in [-0.2, 0) is 12.8 Å². The van der Waals surface area contributed by atoms with Gasteiger partial charge in [0.2, 0.25) is 0 Å². The zero-order valence-corrected chi connectivity index (χ0v) is 9.15. The molecule has 1 aliphatic rings. The largest absolute Gasteiger partial charge is 0.396 e. The van der Waals surface area contributed by atoms with Crippen LogP contribution >= 0.6 is 11.8 Å². The van der Waals surface area contributed by atoms with Gasteiger partial charge in [-0.1, -0.05) is 6.07 Å². The number of thioether (sulfide) groups is 1. The van der Waals surface area contributed by atoms with Crippen LogP contribution in [0.2, 0.25) is 0 Å². The fraction of sp³-hybridized carbons (Fsp3) is 0.500. The average molecular weight is 208 g/mol. The molecule has 0 heterocycles. The summed E-state index contributed by atoms with van der Waals surface area (Å²) in [7, 11) is 0. The molecule has 2 heteroatoms. The van der Waals surface area contributed by atoms with Crippen LogP contribution in [0.3, 0.4) is 0 Å². The van der Waals surface area contributed by atoms with Gasteiger partial charge in [0.25, 0.3) is 0 Å². The second-order valence-corrected chi connectivity index (χ2v) is 4.88. The first-order valence-electron chi connectivity index (χ1n) is 5.25. The van der Waals surface area contributed by atoms with Crippen LogP contribution in [0.4, 0.5) is 0 Å². The highest BCUT2D eigenvalue weighted by Crippen LogP contribution is 2.26. The number of aryl methyl sites for hydroxylation is 2. The summed E-state index contributed by atoms with van der Waals surface area (Å²) >= 11 is 1.74. The molecule has 0 spiro atoms. The Bertz CT molecular complexity index is 309. The van der Waals surface area contributed by atoms with Crippen molar-refractivity contribution in [2.24, 2.45) is 0 Å². The van der Waals surface area contributed by atoms with Crippen LogP contribution in [-0.4, -0.2) is 17.5 Å². The quantitative estimate of drug-likeness (QED) is 0.771. The number of benzene rings is 1. The Morgan fingerprint density at radius 1 is 1.14 bits per heavy atom. The first kappa shape index (κ1) is 10.1. The first-order chi connectivity index (χ1) is 6.90. The van der Waals surface area contributed by atoms with Crippen LogP contribution in [0.15, 0.2) is 23.1 Å². The van der Waals surface area contributed by atoms with E-state index in [9.17, 15) is 0 Å². The lowest BCUT2D eigenvalue weighted by atomic mass is 9.92. The molecule has 1 nitrogen and oxygen atoms in total. The number of hydrogen-bond acceptors (Lipinski definition) is 2. The summed E-state index contributed by atoms with van der Waals surface area (Å²) in [4.78, 5) is 1.31. The minimum atomic E-state index is 0.266. The third-order valence-corrected chi connectivity index (χ3v) is 3.65. The highest BCUT2D eigenvalue weighted by molar-refractivity contribution is 7.99. The zero-order valence-electron chi connectivity index (χ0n) is 8.33. The molecule has 14 heavy (non-hydrogen) atoms. The molecular weight excluding hydrogens is 192 g/mol. The highest BCUT2D eigenvalue weighted by Gasteiger charge is 2.09. The fourth-order valence-electron chi connectivity index (χ4n) is 1.96. The lowest BCUT2D eigenvalue weighted by Crippen LogP contribution is -2.02. The summed E-state index contributed by atoms with van der Waals surface area (Å²) in [5.74, 6) is 0.804. The number of aliphatic hydroxyl groups is 1. The summed E-state index contributed by atoms with van der Waals surface area (Å²) in [5.41, 5.74) is 3.06. The molecule has 76 valence electrons. The van der Waals surface area contributed by atoms with Gasteiger partial charge in [0.15, 0.2) is 0 Å². The molecule has 0 aromatic heterocycles. The van der Waals surface area contributed by atoms with Crippen molar-refractivity contribution in [3.8, 4) is 0 Å². The molecule has 0 saturated carbocycles. The number of hydrogen-bond donors (Lipinski definition) is 1. The molecule has 0 amide bonds. The molecule has 1 N–H and O–H groups in total. The Balaban J connectivity index is 2.12. The topological polar surface area (TPSA) is 20.2 Å². The summed E-state index contributed by atoms with van der Waals surface area (Å²) in [5, 5.41) is 8.75. The molecule has 0 radical (unpaired) electrons. The monoisotopic (exact) mass is 208 g/mol. The van der Waals surface area contributed by atoms with Gasteiger partial charge in [-0.2, -0.15) is 0 Å². The van der Waals surface area contributed by atoms with Gasteiger partial charge < -0.3 is 5.11 Å². The zero-order chi connectivity index (χ0) is 9.80. The highest BCUT2D eigenvalue weighted by atomic mass is 32.2. The van der Waals surface area contributed by atoms with Crippen LogP contribution in [0.25, 0.3) is 0 Å². The van der Waals surface area contributed by atoms with Gasteiger partial charge in [-0.05, 0) is 48.9 Å². The van der Waals surface area contributed by atoms with E-state index in [0.29, 0.717) is 0 Å². The van der Waals surface area contributed by atoms with E-state index in [1.165, 1.54) is 41.7 Å². The van der Waals surface area contributed by atoms with E-state index in [1.807, 2.05) is 0 Å². The van der Waals surface area contributed by atoms with Crippen molar-refractivity contribution in [2.75, 3.05) is 12.4 Å². The third-order valence-electron chi connectivity index (χ3n) is 2.68. The Labute approximate surface area is 89.5 Å². The minimum absolute atomic E-state index is 0.266. The molecule has 0 aliphatic heterocycles. The molecule has 1 aromatic rings. The minimum Gasteiger partial charge on any atom is -0.396 e. The van der Waals surface area contributed by atoms with E-state index in [2.05, 4.69) is 18.2 Å². The summed E-state index contributed by atoms with van der Waals surface area (Å²) < 4.78 is 0. The molecule has 2 rings (SSSR count). The van der Waals surface area contributed by atoms with Gasteiger partial charge in [-0.25, -0.2) is 0 Å². The Morgan fingerprint density at radius 3 is 2.71 bits per heavy atom. The van der Waals surface area contributed by atoms with Crippen LogP contribution in [0.1, 0.15) is 24.0 Å². The summed E-state index contributed by atoms with van der Waals surface area (Å²) in [6.07, 6.45) is 5.17. The molecule has 1 aromatic carbocycles. The maximum atomic E-state index is 8.75. The first-order valence-corrected chi connectivity index (χ1v) is 6.24. The predicted molar refractivity (Wildman–Crippen MR) is 60.9 cm³/mol. The maximum Gasteiger partial charge on any atom is 0.0525 e. The Kier molecular flexibility index (Phi) is 3.49. The van der Waals surface area contributed by atoms with E-state index in [-0.39, 0.29) is 6.61 Å². The molecule has 0 bridgehead atoms. The lowest BCUT2D eigenvalue weighted by molar-refractivity contribution is 0.322. The molecule has 0 saturated heterocycles. The summed E-state index contributed by atoms with van der Waals surface area (Å²) in [6.45, 7) is 0.266. The number of rotatable bonds is 3. The van der Waals surface area contributed by atoms with Crippen molar-refractivity contribution < 1.29 is 5.11 Å². The van der Waals surface area contributed by atoms with Crippen molar-refractivity contribution in [3.05, 3.63) is 29.3 Å². The molecule has 0 atom stereocenters. The number of aliphatic hydroxyl groups excluding tert-OH is 1. The molecular formula is C12H16OS. The normalized spacial score (nSPS) is 15.2. The standard InChI is InChI=1S/C12H16OS/c13-7-8-14-12-6-5-10-3-1-2-4-11(10)9-12/h5-6,9,13H,1-4,7-8H2. The molecule has 0 unspecified atom stereocenters. The van der Waals surface area contributed by atoms with Crippen molar-refractivity contribution >= 4 is 11.8 Å². The van der Waals surface area contributed by atoms with E-state index in [0.717, 1.165) is 5.75 Å². The van der Waals surface area contributed by atoms with E-state index in [1.54, 1.807) is 11.8 Å². The van der Waals surface area contributed by atoms with Crippen molar-refractivity contribution in [2.45, 2.75) is 30.6 Å². The Morgan fingerprint density at radius 2 is 1.93 bits per heavy atom. The Hall–Kier alpha value is -0.470. The van der Waals surface area contributed by atoms with Crippen LogP contribution in [0, 0.1) is 0 Å². The van der Waals surface area contributed by atoms with Gasteiger partial charge in [-0.3, -0.25) is 0 Å².